The zero-order valence-electron chi connectivity index (χ0n) is 16.0. The fraction of sp³-hybridized carbons (Fsp3) is 0.400. The molecule has 1 atom stereocenters. The summed E-state index contributed by atoms with van der Waals surface area (Å²) in [5.41, 5.74) is 7.17. The van der Waals surface area contributed by atoms with Crippen LogP contribution in [0.1, 0.15) is 29.8 Å². The van der Waals surface area contributed by atoms with Crippen molar-refractivity contribution in [1.29, 1.82) is 0 Å². The van der Waals surface area contributed by atoms with Crippen LogP contribution >= 0.6 is 12.2 Å². The van der Waals surface area contributed by atoms with Crippen LogP contribution in [0.5, 0.6) is 5.75 Å². The molecule has 1 saturated heterocycles. The Morgan fingerprint density at radius 2 is 2.26 bits per heavy atom. The van der Waals surface area contributed by atoms with Crippen molar-refractivity contribution in [2.75, 3.05) is 19.0 Å². The number of thiocarbonyl (C=S) groups is 1. The van der Waals surface area contributed by atoms with E-state index in [9.17, 15) is 0 Å². The summed E-state index contributed by atoms with van der Waals surface area (Å²) in [4.78, 5) is 0. The highest BCUT2D eigenvalue weighted by Gasteiger charge is 2.18. The summed E-state index contributed by atoms with van der Waals surface area (Å²) in [6, 6.07) is 9.70. The van der Waals surface area contributed by atoms with Gasteiger partial charge in [0.2, 0.25) is 0 Å². The van der Waals surface area contributed by atoms with Crippen LogP contribution in [0, 0.1) is 13.8 Å². The minimum absolute atomic E-state index is 0.317. The number of aryl methyl sites for hydroxylation is 1. The second-order valence-corrected chi connectivity index (χ2v) is 7.04. The number of nitrogens with one attached hydrogen (secondary N) is 2. The lowest BCUT2D eigenvalue weighted by Gasteiger charge is -2.14. The van der Waals surface area contributed by atoms with Crippen LogP contribution in [0.25, 0.3) is 0 Å². The van der Waals surface area contributed by atoms with Crippen molar-refractivity contribution in [3.63, 3.8) is 0 Å². The molecule has 6 nitrogen and oxygen atoms in total. The molecular formula is C20H26N4O2S. The average molecular weight is 387 g/mol. The molecule has 0 radical (unpaired) electrons. The van der Waals surface area contributed by atoms with Gasteiger partial charge in [-0.3, -0.25) is 5.43 Å². The van der Waals surface area contributed by atoms with E-state index in [1.807, 2.05) is 24.3 Å². The zero-order valence-corrected chi connectivity index (χ0v) is 16.8. The third-order valence-corrected chi connectivity index (χ3v) is 4.91. The molecule has 27 heavy (non-hydrogen) atoms. The Labute approximate surface area is 165 Å². The van der Waals surface area contributed by atoms with Gasteiger partial charge in [-0.25, -0.2) is 0 Å². The Balaban J connectivity index is 1.58. The summed E-state index contributed by atoms with van der Waals surface area (Å²) in [5.74, 6) is 0.769. The topological polar surface area (TPSA) is 59.8 Å². The van der Waals surface area contributed by atoms with Gasteiger partial charge in [-0.1, -0.05) is 6.07 Å². The summed E-state index contributed by atoms with van der Waals surface area (Å²) >= 11 is 5.29. The molecule has 7 heteroatoms. The molecule has 1 aromatic heterocycles. The summed E-state index contributed by atoms with van der Waals surface area (Å²) in [6.45, 7) is 5.99. The molecule has 0 bridgehead atoms. The molecule has 3 rings (SSSR count). The molecule has 0 spiro atoms. The number of hydrazone groups is 1. The summed E-state index contributed by atoms with van der Waals surface area (Å²) < 4.78 is 13.3. The summed E-state index contributed by atoms with van der Waals surface area (Å²) in [7, 11) is 1.63. The van der Waals surface area contributed by atoms with E-state index >= 15 is 0 Å². The van der Waals surface area contributed by atoms with Crippen LogP contribution in [0.2, 0.25) is 0 Å². The number of hydrogen-bond donors (Lipinski definition) is 2. The second kappa shape index (κ2) is 9.01. The van der Waals surface area contributed by atoms with E-state index in [4.69, 9.17) is 21.7 Å². The Kier molecular flexibility index (Phi) is 6.47. The second-order valence-electron chi connectivity index (χ2n) is 6.63. The quantitative estimate of drug-likeness (QED) is 0.451. The number of benzene rings is 1. The van der Waals surface area contributed by atoms with E-state index in [1.165, 1.54) is 11.4 Å². The van der Waals surface area contributed by atoms with Crippen LogP contribution in [0.4, 0.5) is 5.69 Å². The van der Waals surface area contributed by atoms with E-state index in [1.54, 1.807) is 13.3 Å². The number of methoxy groups -OCH3 is 1. The highest BCUT2D eigenvalue weighted by molar-refractivity contribution is 7.80. The third kappa shape index (κ3) is 5.08. The number of aromatic nitrogens is 1. The minimum atomic E-state index is 0.317. The molecule has 144 valence electrons. The van der Waals surface area contributed by atoms with E-state index in [-0.39, 0.29) is 0 Å². The van der Waals surface area contributed by atoms with Gasteiger partial charge in [-0.05, 0) is 57.1 Å². The van der Waals surface area contributed by atoms with E-state index in [0.29, 0.717) is 11.2 Å². The molecule has 0 saturated carbocycles. The maximum absolute atomic E-state index is 5.76. The van der Waals surface area contributed by atoms with Crippen molar-refractivity contribution >= 4 is 29.2 Å². The molecule has 0 unspecified atom stereocenters. The first-order chi connectivity index (χ1) is 13.1. The van der Waals surface area contributed by atoms with Crippen molar-refractivity contribution in [2.45, 2.75) is 39.3 Å². The van der Waals surface area contributed by atoms with Crippen molar-refractivity contribution < 1.29 is 9.47 Å². The number of nitrogens with zero attached hydrogens (tertiary/aromatic N) is 2. The molecule has 0 aliphatic carbocycles. The van der Waals surface area contributed by atoms with Crippen LogP contribution in [-0.4, -0.2) is 35.7 Å². The van der Waals surface area contributed by atoms with Crippen LogP contribution in [0.3, 0.4) is 0 Å². The molecule has 2 N–H and O–H groups in total. The zero-order chi connectivity index (χ0) is 19.2. The standard InChI is InChI=1S/C20H26N4O2S/c1-14-10-16(15(2)24(14)13-19-8-5-9-26-19)12-21-23-20(27)22-17-6-4-7-18(11-17)25-3/h4,6-7,10-12,19H,5,8-9,13H2,1-3H3,(H2,22,23,27)/b21-12-/t19-/m1/s1. The van der Waals surface area contributed by atoms with Gasteiger partial charge in [0.05, 0.1) is 19.4 Å². The van der Waals surface area contributed by atoms with Crippen molar-refractivity contribution in [3.05, 3.63) is 47.3 Å². The minimum Gasteiger partial charge on any atom is -0.497 e. The van der Waals surface area contributed by atoms with Gasteiger partial charge in [-0.15, -0.1) is 0 Å². The highest BCUT2D eigenvalue weighted by Crippen LogP contribution is 2.19. The molecule has 1 aliphatic rings. The third-order valence-electron chi connectivity index (χ3n) is 4.72. The lowest BCUT2D eigenvalue weighted by atomic mass is 10.2. The van der Waals surface area contributed by atoms with Crippen LogP contribution < -0.4 is 15.5 Å². The van der Waals surface area contributed by atoms with Crippen molar-refractivity contribution in [1.82, 2.24) is 9.99 Å². The van der Waals surface area contributed by atoms with Crippen molar-refractivity contribution in [2.24, 2.45) is 5.10 Å². The number of hydrogen-bond acceptors (Lipinski definition) is 4. The Hall–Kier alpha value is -2.38. The van der Waals surface area contributed by atoms with Crippen LogP contribution in [0.15, 0.2) is 35.4 Å². The van der Waals surface area contributed by atoms with Gasteiger partial charge < -0.3 is 19.4 Å². The molecule has 1 aromatic carbocycles. The summed E-state index contributed by atoms with van der Waals surface area (Å²) in [6.07, 6.45) is 4.40. The summed E-state index contributed by atoms with van der Waals surface area (Å²) in [5, 5.41) is 7.78. The largest absolute Gasteiger partial charge is 0.497 e. The average Bonchev–Trinajstić information content (AvgIpc) is 3.26. The SMILES string of the molecule is COc1cccc(NC(=S)N/N=C\c2cc(C)n(C[C@H]3CCCO3)c2C)c1. The first-order valence-electron chi connectivity index (χ1n) is 9.09. The van der Waals surface area contributed by atoms with Gasteiger partial charge in [0.15, 0.2) is 5.11 Å². The molecule has 2 aromatic rings. The van der Waals surface area contributed by atoms with Gasteiger partial charge in [-0.2, -0.15) is 5.10 Å². The normalized spacial score (nSPS) is 16.6. The lowest BCUT2D eigenvalue weighted by molar-refractivity contribution is 0.0962. The van der Waals surface area contributed by atoms with Gasteiger partial charge in [0, 0.05) is 41.9 Å². The van der Waals surface area contributed by atoms with E-state index < -0.39 is 0 Å². The van der Waals surface area contributed by atoms with E-state index in [2.05, 4.69) is 40.3 Å². The highest BCUT2D eigenvalue weighted by atomic mass is 32.1. The molecule has 1 aliphatic heterocycles. The molecular weight excluding hydrogens is 360 g/mol. The Bertz CT molecular complexity index is 825. The number of anilines is 1. The van der Waals surface area contributed by atoms with Crippen LogP contribution in [-0.2, 0) is 11.3 Å². The molecule has 2 heterocycles. The molecule has 1 fully saturated rings. The van der Waals surface area contributed by atoms with Gasteiger partial charge >= 0.3 is 0 Å². The van der Waals surface area contributed by atoms with Gasteiger partial charge in [0.25, 0.3) is 0 Å². The smallest absolute Gasteiger partial charge is 0.191 e. The van der Waals surface area contributed by atoms with Crippen molar-refractivity contribution in [3.8, 4) is 5.75 Å². The first kappa shape index (κ1) is 19.4. The van der Waals surface area contributed by atoms with E-state index in [0.717, 1.165) is 43.0 Å². The lowest BCUT2D eigenvalue weighted by Crippen LogP contribution is -2.23. The predicted molar refractivity (Wildman–Crippen MR) is 113 cm³/mol. The fourth-order valence-corrected chi connectivity index (χ4v) is 3.42. The van der Waals surface area contributed by atoms with Gasteiger partial charge in [0.1, 0.15) is 5.75 Å². The first-order valence-corrected chi connectivity index (χ1v) is 9.50. The monoisotopic (exact) mass is 386 g/mol. The maximum atomic E-state index is 5.76. The fourth-order valence-electron chi connectivity index (χ4n) is 3.25. The number of rotatable bonds is 6. The molecule has 0 amide bonds. The predicted octanol–water partition coefficient (Wildman–Crippen LogP) is 3.61. The maximum Gasteiger partial charge on any atom is 0.191 e. The Morgan fingerprint density at radius 1 is 1.41 bits per heavy atom. The Morgan fingerprint density at radius 3 is 3.00 bits per heavy atom. The number of ether oxygens (including phenoxy) is 2.